The lowest BCUT2D eigenvalue weighted by molar-refractivity contribution is -0.122. The third-order valence-electron chi connectivity index (χ3n) is 2.65. The monoisotopic (exact) mass is 282 g/mol. The average molecular weight is 282 g/mol. The SMILES string of the molecule is COc1ccc(SCCC(=O)NC(C)(C)CN)cc1. The molecule has 0 heterocycles. The zero-order valence-electron chi connectivity index (χ0n) is 11.7. The Morgan fingerprint density at radius 1 is 1.37 bits per heavy atom. The molecule has 3 N–H and O–H groups in total. The van der Waals surface area contributed by atoms with Gasteiger partial charge in [0, 0.05) is 29.2 Å². The summed E-state index contributed by atoms with van der Waals surface area (Å²) in [6, 6.07) is 7.82. The maximum Gasteiger partial charge on any atom is 0.221 e. The minimum Gasteiger partial charge on any atom is -0.497 e. The number of nitrogens with one attached hydrogen (secondary N) is 1. The summed E-state index contributed by atoms with van der Waals surface area (Å²) in [6.45, 7) is 4.27. The van der Waals surface area contributed by atoms with Gasteiger partial charge in [0.15, 0.2) is 0 Å². The highest BCUT2D eigenvalue weighted by molar-refractivity contribution is 7.99. The molecular formula is C14H22N2O2S. The number of ether oxygens (including phenoxy) is 1. The molecule has 5 heteroatoms. The molecule has 0 aromatic heterocycles. The maximum atomic E-state index is 11.7. The number of hydrogen-bond donors (Lipinski definition) is 2. The summed E-state index contributed by atoms with van der Waals surface area (Å²) in [5, 5.41) is 2.91. The van der Waals surface area contributed by atoms with Crippen LogP contribution in [0.1, 0.15) is 20.3 Å². The Bertz CT molecular complexity index is 404. The fourth-order valence-electron chi connectivity index (χ4n) is 1.42. The molecule has 106 valence electrons. The molecule has 4 nitrogen and oxygen atoms in total. The first-order valence-corrected chi connectivity index (χ1v) is 7.23. The maximum absolute atomic E-state index is 11.7. The summed E-state index contributed by atoms with van der Waals surface area (Å²) in [6.07, 6.45) is 0.486. The number of amides is 1. The van der Waals surface area contributed by atoms with E-state index in [9.17, 15) is 4.79 Å². The van der Waals surface area contributed by atoms with E-state index >= 15 is 0 Å². The number of methoxy groups -OCH3 is 1. The van der Waals surface area contributed by atoms with Crippen molar-refractivity contribution in [3.05, 3.63) is 24.3 Å². The number of benzene rings is 1. The Kier molecular flexibility index (Phi) is 6.18. The van der Waals surface area contributed by atoms with Crippen LogP contribution >= 0.6 is 11.8 Å². The van der Waals surface area contributed by atoms with Crippen LogP contribution in [0.5, 0.6) is 5.75 Å². The molecule has 0 aliphatic carbocycles. The number of thioether (sulfide) groups is 1. The van der Waals surface area contributed by atoms with Gasteiger partial charge in [0.1, 0.15) is 5.75 Å². The van der Waals surface area contributed by atoms with E-state index in [0.29, 0.717) is 13.0 Å². The molecule has 0 unspecified atom stereocenters. The van der Waals surface area contributed by atoms with E-state index in [1.54, 1.807) is 18.9 Å². The lowest BCUT2D eigenvalue weighted by Crippen LogP contribution is -2.48. The van der Waals surface area contributed by atoms with Gasteiger partial charge >= 0.3 is 0 Å². The van der Waals surface area contributed by atoms with Gasteiger partial charge in [-0.3, -0.25) is 4.79 Å². The van der Waals surface area contributed by atoms with Crippen molar-refractivity contribution in [2.45, 2.75) is 30.7 Å². The Morgan fingerprint density at radius 3 is 2.53 bits per heavy atom. The number of nitrogens with two attached hydrogens (primary N) is 1. The van der Waals surface area contributed by atoms with Crippen molar-refractivity contribution in [3.63, 3.8) is 0 Å². The molecule has 0 atom stereocenters. The normalized spacial score (nSPS) is 11.2. The van der Waals surface area contributed by atoms with E-state index in [1.807, 2.05) is 38.1 Å². The van der Waals surface area contributed by atoms with Crippen molar-refractivity contribution in [1.29, 1.82) is 0 Å². The van der Waals surface area contributed by atoms with Gasteiger partial charge < -0.3 is 15.8 Å². The van der Waals surface area contributed by atoms with Gasteiger partial charge in [-0.2, -0.15) is 0 Å². The van der Waals surface area contributed by atoms with Gasteiger partial charge in [-0.25, -0.2) is 0 Å². The topological polar surface area (TPSA) is 64.3 Å². The van der Waals surface area contributed by atoms with Crippen LogP contribution in [0.3, 0.4) is 0 Å². The summed E-state index contributed by atoms with van der Waals surface area (Å²) in [5.74, 6) is 1.63. The molecule has 0 saturated carbocycles. The fourth-order valence-corrected chi connectivity index (χ4v) is 2.28. The second-order valence-corrected chi connectivity index (χ2v) is 6.08. The summed E-state index contributed by atoms with van der Waals surface area (Å²) in [5.41, 5.74) is 5.24. The van der Waals surface area contributed by atoms with E-state index in [0.717, 1.165) is 16.4 Å². The zero-order chi connectivity index (χ0) is 14.3. The summed E-state index contributed by atoms with van der Waals surface area (Å²) < 4.78 is 5.09. The Labute approximate surface area is 119 Å². The second-order valence-electron chi connectivity index (χ2n) is 4.91. The highest BCUT2D eigenvalue weighted by Gasteiger charge is 2.17. The Balaban J connectivity index is 2.31. The van der Waals surface area contributed by atoms with E-state index in [-0.39, 0.29) is 11.4 Å². The van der Waals surface area contributed by atoms with Crippen LogP contribution in [0.2, 0.25) is 0 Å². The van der Waals surface area contributed by atoms with Crippen molar-refractivity contribution in [3.8, 4) is 5.75 Å². The second kappa shape index (κ2) is 7.40. The van der Waals surface area contributed by atoms with Gasteiger partial charge in [-0.1, -0.05) is 0 Å². The molecular weight excluding hydrogens is 260 g/mol. The van der Waals surface area contributed by atoms with Crippen LogP contribution in [0.15, 0.2) is 29.2 Å². The number of carbonyl (C=O) groups is 1. The molecule has 1 rings (SSSR count). The Morgan fingerprint density at radius 2 is 2.00 bits per heavy atom. The van der Waals surface area contributed by atoms with Gasteiger partial charge in [0.25, 0.3) is 0 Å². The third kappa shape index (κ3) is 5.98. The van der Waals surface area contributed by atoms with Crippen molar-refractivity contribution in [2.75, 3.05) is 19.4 Å². The molecule has 0 bridgehead atoms. The number of hydrogen-bond acceptors (Lipinski definition) is 4. The third-order valence-corrected chi connectivity index (χ3v) is 3.66. The first kappa shape index (κ1) is 15.9. The van der Waals surface area contributed by atoms with Crippen molar-refractivity contribution in [1.82, 2.24) is 5.32 Å². The number of rotatable bonds is 7. The van der Waals surface area contributed by atoms with Crippen LogP contribution in [-0.2, 0) is 4.79 Å². The van der Waals surface area contributed by atoms with Gasteiger partial charge in [0.05, 0.1) is 7.11 Å². The summed E-state index contributed by atoms with van der Waals surface area (Å²) >= 11 is 1.65. The summed E-state index contributed by atoms with van der Waals surface area (Å²) in [4.78, 5) is 12.8. The lowest BCUT2D eigenvalue weighted by atomic mass is 10.1. The largest absolute Gasteiger partial charge is 0.497 e. The molecule has 1 aromatic rings. The zero-order valence-corrected chi connectivity index (χ0v) is 12.5. The minimum atomic E-state index is -0.331. The number of carbonyl (C=O) groups excluding carboxylic acids is 1. The van der Waals surface area contributed by atoms with Gasteiger partial charge in [-0.05, 0) is 38.1 Å². The fraction of sp³-hybridized carbons (Fsp3) is 0.500. The molecule has 1 amide bonds. The Hall–Kier alpha value is -1.20. The lowest BCUT2D eigenvalue weighted by Gasteiger charge is -2.24. The van der Waals surface area contributed by atoms with E-state index in [4.69, 9.17) is 10.5 Å². The van der Waals surface area contributed by atoms with E-state index < -0.39 is 0 Å². The van der Waals surface area contributed by atoms with Gasteiger partial charge in [0.2, 0.25) is 5.91 Å². The molecule has 0 saturated heterocycles. The van der Waals surface area contributed by atoms with Crippen LogP contribution < -0.4 is 15.8 Å². The van der Waals surface area contributed by atoms with E-state index in [1.165, 1.54) is 0 Å². The molecule has 0 fully saturated rings. The molecule has 0 aliphatic heterocycles. The molecule has 1 aromatic carbocycles. The predicted octanol–water partition coefficient (Wildman–Crippen LogP) is 2.03. The molecule has 0 radical (unpaired) electrons. The minimum absolute atomic E-state index is 0.0384. The van der Waals surface area contributed by atoms with Crippen molar-refractivity contribution >= 4 is 17.7 Å². The summed E-state index contributed by atoms with van der Waals surface area (Å²) in [7, 11) is 1.64. The van der Waals surface area contributed by atoms with Crippen LogP contribution in [-0.4, -0.2) is 30.9 Å². The molecule has 0 spiro atoms. The smallest absolute Gasteiger partial charge is 0.221 e. The highest BCUT2D eigenvalue weighted by atomic mass is 32.2. The standard InChI is InChI=1S/C14H22N2O2S/c1-14(2,10-15)16-13(17)8-9-19-12-6-4-11(18-3)5-7-12/h4-7H,8-10,15H2,1-3H3,(H,16,17). The van der Waals surface area contributed by atoms with Crippen molar-refractivity contribution < 1.29 is 9.53 Å². The highest BCUT2D eigenvalue weighted by Crippen LogP contribution is 2.21. The predicted molar refractivity (Wildman–Crippen MR) is 79.6 cm³/mol. The molecule has 19 heavy (non-hydrogen) atoms. The van der Waals surface area contributed by atoms with Crippen molar-refractivity contribution in [2.24, 2.45) is 5.73 Å². The first-order chi connectivity index (χ1) is 8.96. The first-order valence-electron chi connectivity index (χ1n) is 6.25. The van der Waals surface area contributed by atoms with Crippen LogP contribution in [0, 0.1) is 0 Å². The average Bonchev–Trinajstić information content (AvgIpc) is 2.39. The molecule has 0 aliphatic rings. The quantitative estimate of drug-likeness (QED) is 0.751. The van der Waals surface area contributed by atoms with Gasteiger partial charge in [-0.15, -0.1) is 11.8 Å². The van der Waals surface area contributed by atoms with Crippen LogP contribution in [0.25, 0.3) is 0 Å². The van der Waals surface area contributed by atoms with Crippen LogP contribution in [0.4, 0.5) is 0 Å². The van der Waals surface area contributed by atoms with E-state index in [2.05, 4.69) is 5.32 Å².